The molecule has 1 aromatic carbocycles. The normalized spacial score (nSPS) is 10.4. The second-order valence-corrected chi connectivity index (χ2v) is 5.08. The van der Waals surface area contributed by atoms with Gasteiger partial charge in [0.1, 0.15) is 0 Å². The molecule has 0 aliphatic heterocycles. The highest BCUT2D eigenvalue weighted by Gasteiger charge is 2.17. The van der Waals surface area contributed by atoms with E-state index in [0.717, 1.165) is 0 Å². The lowest BCUT2D eigenvalue weighted by atomic mass is 10.1. The Morgan fingerprint density at radius 1 is 1.38 bits per heavy atom. The van der Waals surface area contributed by atoms with Gasteiger partial charge in [-0.3, -0.25) is 4.79 Å². The Bertz CT molecular complexity index is 539. The van der Waals surface area contributed by atoms with E-state index in [1.54, 1.807) is 22.9 Å². The van der Waals surface area contributed by atoms with Gasteiger partial charge in [0.2, 0.25) is 0 Å². The Morgan fingerprint density at radius 2 is 2.12 bits per heavy atom. The van der Waals surface area contributed by atoms with Crippen molar-refractivity contribution in [2.45, 2.75) is 0 Å². The number of ketones is 1. The third-order valence-electron chi connectivity index (χ3n) is 2.06. The molecule has 2 rings (SSSR count). The molecular formula is C11H5BrClFOS. The molecule has 0 aliphatic carbocycles. The smallest absolute Gasteiger partial charge is 0.196 e. The minimum atomic E-state index is -0.688. The molecule has 0 spiro atoms. The highest BCUT2D eigenvalue weighted by atomic mass is 79.9. The van der Waals surface area contributed by atoms with Gasteiger partial charge in [-0.2, -0.15) is 11.3 Å². The number of hydrogen-bond acceptors (Lipinski definition) is 2. The van der Waals surface area contributed by atoms with E-state index >= 15 is 0 Å². The van der Waals surface area contributed by atoms with Crippen molar-refractivity contribution in [3.8, 4) is 0 Å². The largest absolute Gasteiger partial charge is 0.288 e. The SMILES string of the molecule is O=C(c1ccsc1)c1ccc(Br)c(Cl)c1F. The molecule has 0 fully saturated rings. The summed E-state index contributed by atoms with van der Waals surface area (Å²) in [7, 11) is 0. The highest BCUT2D eigenvalue weighted by Crippen LogP contribution is 2.28. The summed E-state index contributed by atoms with van der Waals surface area (Å²) >= 11 is 10.2. The molecule has 0 N–H and O–H groups in total. The second kappa shape index (κ2) is 4.65. The van der Waals surface area contributed by atoms with Crippen molar-refractivity contribution < 1.29 is 9.18 Å². The molecule has 0 radical (unpaired) electrons. The van der Waals surface area contributed by atoms with Crippen LogP contribution in [0.15, 0.2) is 33.4 Å². The van der Waals surface area contributed by atoms with Crippen LogP contribution >= 0.6 is 38.9 Å². The minimum absolute atomic E-state index is 0.00778. The Hall–Kier alpha value is -0.710. The molecule has 0 bridgehead atoms. The number of carbonyl (C=O) groups excluding carboxylic acids is 1. The summed E-state index contributed by atoms with van der Waals surface area (Å²) in [6, 6.07) is 4.64. The Kier molecular flexibility index (Phi) is 3.42. The molecule has 0 saturated carbocycles. The number of thiophene rings is 1. The van der Waals surface area contributed by atoms with Gasteiger partial charge in [-0.25, -0.2) is 4.39 Å². The molecule has 82 valence electrons. The standard InChI is InChI=1S/C11H5BrClFOS/c12-8-2-1-7(10(14)9(8)13)11(15)6-3-4-16-5-6/h1-5H. The fraction of sp³-hybridized carbons (Fsp3) is 0. The van der Waals surface area contributed by atoms with E-state index in [-0.39, 0.29) is 16.4 Å². The van der Waals surface area contributed by atoms with Gasteiger partial charge in [0.25, 0.3) is 0 Å². The molecule has 0 amide bonds. The maximum atomic E-state index is 13.7. The van der Waals surface area contributed by atoms with Crippen molar-refractivity contribution in [3.63, 3.8) is 0 Å². The van der Waals surface area contributed by atoms with Gasteiger partial charge in [-0.15, -0.1) is 0 Å². The summed E-state index contributed by atoms with van der Waals surface area (Å²) in [5, 5.41) is 3.38. The fourth-order valence-corrected chi connectivity index (χ4v) is 2.36. The number of carbonyl (C=O) groups is 1. The predicted octanol–water partition coefficient (Wildman–Crippen LogP) is 4.53. The topological polar surface area (TPSA) is 17.1 Å². The number of benzene rings is 1. The van der Waals surface area contributed by atoms with E-state index in [1.807, 2.05) is 0 Å². The number of halogens is 3. The first kappa shape index (κ1) is 11.8. The third kappa shape index (κ3) is 2.05. The second-order valence-electron chi connectivity index (χ2n) is 3.06. The average Bonchev–Trinajstić information content (AvgIpc) is 2.79. The monoisotopic (exact) mass is 318 g/mol. The van der Waals surface area contributed by atoms with E-state index in [1.165, 1.54) is 17.4 Å². The first-order valence-corrected chi connectivity index (χ1v) is 6.43. The lowest BCUT2D eigenvalue weighted by Gasteiger charge is -2.03. The van der Waals surface area contributed by atoms with Crippen LogP contribution in [0.3, 0.4) is 0 Å². The maximum absolute atomic E-state index is 13.7. The van der Waals surface area contributed by atoms with Crippen molar-refractivity contribution in [3.05, 3.63) is 55.4 Å². The van der Waals surface area contributed by atoms with E-state index < -0.39 is 5.82 Å². The van der Waals surface area contributed by atoms with Crippen LogP contribution in [-0.4, -0.2) is 5.78 Å². The molecule has 0 aliphatic rings. The average molecular weight is 320 g/mol. The van der Waals surface area contributed by atoms with Gasteiger partial charge in [0.15, 0.2) is 11.6 Å². The zero-order valence-corrected chi connectivity index (χ0v) is 11.0. The molecule has 2 aromatic rings. The van der Waals surface area contributed by atoms with Gasteiger partial charge < -0.3 is 0 Å². The summed E-state index contributed by atoms with van der Waals surface area (Å²) in [6.07, 6.45) is 0. The number of rotatable bonds is 2. The Balaban J connectivity index is 2.50. The van der Waals surface area contributed by atoms with Crippen LogP contribution in [0, 0.1) is 5.82 Å². The molecule has 1 aromatic heterocycles. The first-order valence-electron chi connectivity index (χ1n) is 4.31. The van der Waals surface area contributed by atoms with E-state index in [9.17, 15) is 9.18 Å². The van der Waals surface area contributed by atoms with Crippen LogP contribution in [0.5, 0.6) is 0 Å². The third-order valence-corrected chi connectivity index (χ3v) is 4.01. The molecule has 0 unspecified atom stereocenters. The summed E-state index contributed by atoms with van der Waals surface area (Å²) in [4.78, 5) is 11.9. The highest BCUT2D eigenvalue weighted by molar-refractivity contribution is 9.10. The Labute approximate surface area is 109 Å². The first-order chi connectivity index (χ1) is 7.61. The lowest BCUT2D eigenvalue weighted by molar-refractivity contribution is 0.103. The molecule has 5 heteroatoms. The van der Waals surface area contributed by atoms with Crippen molar-refractivity contribution in [2.75, 3.05) is 0 Å². The lowest BCUT2D eigenvalue weighted by Crippen LogP contribution is -2.03. The summed E-state index contributed by atoms with van der Waals surface area (Å²) < 4.78 is 14.2. The van der Waals surface area contributed by atoms with Gasteiger partial charge in [-0.1, -0.05) is 11.6 Å². The molecule has 1 nitrogen and oxygen atoms in total. The number of hydrogen-bond donors (Lipinski definition) is 0. The maximum Gasteiger partial charge on any atom is 0.196 e. The van der Waals surface area contributed by atoms with Crippen LogP contribution in [0.4, 0.5) is 4.39 Å². The van der Waals surface area contributed by atoms with Crippen LogP contribution in [-0.2, 0) is 0 Å². The zero-order chi connectivity index (χ0) is 11.7. The molecule has 0 atom stereocenters. The van der Waals surface area contributed by atoms with Crippen molar-refractivity contribution >= 4 is 44.7 Å². The van der Waals surface area contributed by atoms with Crippen LogP contribution in [0.1, 0.15) is 15.9 Å². The molecule has 16 heavy (non-hydrogen) atoms. The van der Waals surface area contributed by atoms with Crippen molar-refractivity contribution in [1.82, 2.24) is 0 Å². The minimum Gasteiger partial charge on any atom is -0.288 e. The molecule has 1 heterocycles. The van der Waals surface area contributed by atoms with E-state index in [4.69, 9.17) is 11.6 Å². The molecule has 0 saturated heterocycles. The van der Waals surface area contributed by atoms with Crippen molar-refractivity contribution in [2.24, 2.45) is 0 Å². The fourth-order valence-electron chi connectivity index (χ4n) is 1.25. The van der Waals surface area contributed by atoms with Gasteiger partial charge in [0.05, 0.1) is 10.6 Å². The van der Waals surface area contributed by atoms with Crippen LogP contribution in [0.2, 0.25) is 5.02 Å². The predicted molar refractivity (Wildman–Crippen MR) is 66.9 cm³/mol. The van der Waals surface area contributed by atoms with E-state index in [2.05, 4.69) is 15.9 Å². The summed E-state index contributed by atoms with van der Waals surface area (Å²) in [5.41, 5.74) is 0.467. The van der Waals surface area contributed by atoms with Gasteiger partial charge >= 0.3 is 0 Å². The zero-order valence-electron chi connectivity index (χ0n) is 7.84. The van der Waals surface area contributed by atoms with Crippen LogP contribution in [0.25, 0.3) is 0 Å². The Morgan fingerprint density at radius 3 is 2.75 bits per heavy atom. The van der Waals surface area contributed by atoms with Gasteiger partial charge in [-0.05, 0) is 39.5 Å². The van der Waals surface area contributed by atoms with Crippen molar-refractivity contribution in [1.29, 1.82) is 0 Å². The van der Waals surface area contributed by atoms with Crippen LogP contribution < -0.4 is 0 Å². The molecular weight excluding hydrogens is 315 g/mol. The van der Waals surface area contributed by atoms with E-state index in [0.29, 0.717) is 10.0 Å². The summed E-state index contributed by atoms with van der Waals surface area (Å²) in [5.74, 6) is -1.04. The van der Waals surface area contributed by atoms with Gasteiger partial charge in [0, 0.05) is 15.4 Å². The summed E-state index contributed by atoms with van der Waals surface area (Å²) in [6.45, 7) is 0. The quantitative estimate of drug-likeness (QED) is 0.587.